The van der Waals surface area contributed by atoms with Crippen LogP contribution in [-0.4, -0.2) is 24.2 Å². The van der Waals surface area contributed by atoms with E-state index in [9.17, 15) is 9.59 Å². The highest BCUT2D eigenvalue weighted by molar-refractivity contribution is 6.00. The Bertz CT molecular complexity index is 1170. The number of aryl methyl sites for hydroxylation is 3. The summed E-state index contributed by atoms with van der Waals surface area (Å²) in [7, 11) is 0. The van der Waals surface area contributed by atoms with Crippen molar-refractivity contribution in [3.8, 4) is 0 Å². The normalized spacial score (nSPS) is 19.0. The van der Waals surface area contributed by atoms with Gasteiger partial charge in [0.15, 0.2) is 0 Å². The molecule has 0 bridgehead atoms. The number of rotatable bonds is 3. The lowest BCUT2D eigenvalue weighted by molar-refractivity contribution is -0.123. The Labute approximate surface area is 169 Å². The maximum absolute atomic E-state index is 12.7. The number of amides is 1. The van der Waals surface area contributed by atoms with E-state index >= 15 is 0 Å². The van der Waals surface area contributed by atoms with Crippen LogP contribution in [0, 0.1) is 20.8 Å². The van der Waals surface area contributed by atoms with Gasteiger partial charge in [-0.1, -0.05) is 0 Å². The smallest absolute Gasteiger partial charge is 0.340 e. The minimum absolute atomic E-state index is 0.00332. The van der Waals surface area contributed by atoms with E-state index in [1.165, 1.54) is 0 Å². The molecule has 0 radical (unpaired) electrons. The molecule has 1 amide bonds. The van der Waals surface area contributed by atoms with Gasteiger partial charge in [-0.2, -0.15) is 0 Å². The van der Waals surface area contributed by atoms with Gasteiger partial charge in [-0.05, 0) is 64.7 Å². The van der Waals surface area contributed by atoms with Gasteiger partial charge in [0.25, 0.3) is 0 Å². The predicted octanol–water partition coefficient (Wildman–Crippen LogP) is 4.08. The second kappa shape index (κ2) is 7.02. The highest BCUT2D eigenvalue weighted by Crippen LogP contribution is 2.32. The summed E-state index contributed by atoms with van der Waals surface area (Å²) in [6.45, 7) is 10.4. The topological polar surface area (TPSA) is 81.7 Å². The Morgan fingerprint density at radius 1 is 1.17 bits per heavy atom. The molecule has 2 aromatic heterocycles. The van der Waals surface area contributed by atoms with Gasteiger partial charge in [0, 0.05) is 29.0 Å². The molecule has 0 unspecified atom stereocenters. The first kappa shape index (κ1) is 19.7. The number of benzene rings is 1. The minimum atomic E-state index is -0.469. The first-order chi connectivity index (χ1) is 13.7. The molecule has 0 aliphatic carbocycles. The molecular weight excluding hydrogens is 370 g/mol. The predicted molar refractivity (Wildman–Crippen MR) is 111 cm³/mol. The molecule has 6 heteroatoms. The number of nitrogens with one attached hydrogen (secondary N) is 1. The first-order valence-corrected chi connectivity index (χ1v) is 10.0. The maximum Gasteiger partial charge on any atom is 0.340 e. The average molecular weight is 397 g/mol. The highest BCUT2D eigenvalue weighted by atomic mass is 16.5. The van der Waals surface area contributed by atoms with E-state index in [1.54, 1.807) is 6.26 Å². The Kier molecular flexibility index (Phi) is 4.77. The summed E-state index contributed by atoms with van der Waals surface area (Å²) in [6.07, 6.45) is 3.23. The monoisotopic (exact) mass is 397 g/mol. The van der Waals surface area contributed by atoms with E-state index < -0.39 is 5.63 Å². The van der Waals surface area contributed by atoms with Crippen molar-refractivity contribution < 1.29 is 18.4 Å². The van der Waals surface area contributed by atoms with Gasteiger partial charge in [-0.25, -0.2) is 4.79 Å². The molecule has 1 atom stereocenters. The molecule has 0 spiro atoms. The van der Waals surface area contributed by atoms with E-state index in [0.717, 1.165) is 45.9 Å². The van der Waals surface area contributed by atoms with Gasteiger partial charge < -0.3 is 18.9 Å². The SMILES string of the molecule is Cc1coc2c(C)c3oc(=O)c(CC(=O)N[C@@H]4CCOC(C)(C)C4)c(C)c3cc12. The van der Waals surface area contributed by atoms with Gasteiger partial charge in [0.05, 0.1) is 23.8 Å². The molecule has 1 saturated heterocycles. The molecule has 6 nitrogen and oxygen atoms in total. The van der Waals surface area contributed by atoms with Crippen molar-refractivity contribution in [1.82, 2.24) is 5.32 Å². The summed E-state index contributed by atoms with van der Waals surface area (Å²) in [5.74, 6) is -0.167. The highest BCUT2D eigenvalue weighted by Gasteiger charge is 2.30. The fraction of sp³-hybridized carbons (Fsp3) is 0.478. The zero-order valence-electron chi connectivity index (χ0n) is 17.6. The zero-order chi connectivity index (χ0) is 20.9. The molecule has 4 rings (SSSR count). The Morgan fingerprint density at radius 3 is 2.66 bits per heavy atom. The number of ether oxygens (including phenoxy) is 1. The zero-order valence-corrected chi connectivity index (χ0v) is 17.6. The largest absolute Gasteiger partial charge is 0.464 e. The van der Waals surface area contributed by atoms with Gasteiger partial charge in [-0.15, -0.1) is 0 Å². The van der Waals surface area contributed by atoms with Crippen LogP contribution in [0.15, 0.2) is 26.0 Å². The summed E-state index contributed by atoms with van der Waals surface area (Å²) < 4.78 is 17.0. The average Bonchev–Trinajstić information content (AvgIpc) is 3.00. The van der Waals surface area contributed by atoms with Gasteiger partial charge >= 0.3 is 5.63 Å². The summed E-state index contributed by atoms with van der Waals surface area (Å²) in [6, 6.07) is 2.03. The first-order valence-electron chi connectivity index (χ1n) is 10.0. The molecule has 29 heavy (non-hydrogen) atoms. The molecule has 1 aliphatic rings. The van der Waals surface area contributed by atoms with Crippen LogP contribution in [0.2, 0.25) is 0 Å². The molecule has 3 aromatic rings. The summed E-state index contributed by atoms with van der Waals surface area (Å²) in [5, 5.41) is 4.89. The Morgan fingerprint density at radius 2 is 1.93 bits per heavy atom. The van der Waals surface area contributed by atoms with Crippen molar-refractivity contribution in [2.75, 3.05) is 6.61 Å². The second-order valence-corrected chi connectivity index (χ2v) is 8.71. The lowest BCUT2D eigenvalue weighted by Crippen LogP contribution is -2.46. The van der Waals surface area contributed by atoms with Crippen molar-refractivity contribution >= 4 is 27.8 Å². The molecular formula is C23H27NO5. The van der Waals surface area contributed by atoms with Crippen LogP contribution in [-0.2, 0) is 16.0 Å². The van der Waals surface area contributed by atoms with Crippen LogP contribution >= 0.6 is 0 Å². The fourth-order valence-electron chi connectivity index (χ4n) is 4.32. The van der Waals surface area contributed by atoms with E-state index in [2.05, 4.69) is 5.32 Å². The summed E-state index contributed by atoms with van der Waals surface area (Å²) in [4.78, 5) is 25.4. The third kappa shape index (κ3) is 3.57. The molecule has 0 saturated carbocycles. The third-order valence-corrected chi connectivity index (χ3v) is 5.93. The van der Waals surface area contributed by atoms with E-state index in [1.807, 2.05) is 40.7 Å². The van der Waals surface area contributed by atoms with Crippen LogP contribution in [0.5, 0.6) is 0 Å². The van der Waals surface area contributed by atoms with Crippen molar-refractivity contribution in [3.63, 3.8) is 0 Å². The molecule has 1 aromatic carbocycles. The van der Waals surface area contributed by atoms with Crippen LogP contribution in [0.25, 0.3) is 21.9 Å². The van der Waals surface area contributed by atoms with Gasteiger partial charge in [0.2, 0.25) is 5.91 Å². The molecule has 3 heterocycles. The quantitative estimate of drug-likeness (QED) is 0.674. The second-order valence-electron chi connectivity index (χ2n) is 8.71. The number of fused-ring (bicyclic) bond motifs is 2. The number of carbonyl (C=O) groups excluding carboxylic acids is 1. The third-order valence-electron chi connectivity index (χ3n) is 5.93. The van der Waals surface area contributed by atoms with Crippen molar-refractivity contribution in [3.05, 3.63) is 45.0 Å². The van der Waals surface area contributed by atoms with Crippen molar-refractivity contribution in [2.45, 2.75) is 65.5 Å². The van der Waals surface area contributed by atoms with E-state index in [-0.39, 0.29) is 24.0 Å². The molecule has 1 fully saturated rings. The van der Waals surface area contributed by atoms with Gasteiger partial charge in [-0.3, -0.25) is 4.79 Å². The lowest BCUT2D eigenvalue weighted by atomic mass is 9.93. The number of hydrogen-bond donors (Lipinski definition) is 1. The van der Waals surface area contributed by atoms with Crippen LogP contribution in [0.3, 0.4) is 0 Å². The Hall–Kier alpha value is -2.60. The summed E-state index contributed by atoms with van der Waals surface area (Å²) in [5.41, 5.74) is 3.53. The standard InChI is InChI=1S/C23H27NO5/c1-12-11-27-20-14(3)21-17(8-16(12)20)13(2)18(22(26)29-21)9-19(25)24-15-6-7-28-23(4,5)10-15/h8,11,15H,6-7,9-10H2,1-5H3,(H,24,25)/t15-/m1/s1. The molecule has 1 N–H and O–H groups in total. The summed E-state index contributed by atoms with van der Waals surface area (Å²) >= 11 is 0. The minimum Gasteiger partial charge on any atom is -0.464 e. The molecule has 154 valence electrons. The van der Waals surface area contributed by atoms with Crippen LogP contribution in [0.4, 0.5) is 0 Å². The van der Waals surface area contributed by atoms with Crippen molar-refractivity contribution in [2.24, 2.45) is 0 Å². The van der Waals surface area contributed by atoms with Crippen LogP contribution in [0.1, 0.15) is 48.9 Å². The van der Waals surface area contributed by atoms with Crippen LogP contribution < -0.4 is 10.9 Å². The number of hydrogen-bond acceptors (Lipinski definition) is 5. The molecule has 1 aliphatic heterocycles. The van der Waals surface area contributed by atoms with E-state index in [0.29, 0.717) is 17.8 Å². The van der Waals surface area contributed by atoms with Gasteiger partial charge in [0.1, 0.15) is 11.2 Å². The Balaban J connectivity index is 1.67. The number of furan rings is 1. The van der Waals surface area contributed by atoms with Crippen molar-refractivity contribution in [1.29, 1.82) is 0 Å². The lowest BCUT2D eigenvalue weighted by Gasteiger charge is -2.35. The maximum atomic E-state index is 12.7. The fourth-order valence-corrected chi connectivity index (χ4v) is 4.32. The number of carbonyl (C=O) groups is 1. The van der Waals surface area contributed by atoms with E-state index in [4.69, 9.17) is 13.6 Å².